The molecule has 0 saturated heterocycles. The molecule has 0 radical (unpaired) electrons. The van der Waals surface area contributed by atoms with Crippen LogP contribution in [-0.4, -0.2) is 19.9 Å². The second-order valence-corrected chi connectivity index (χ2v) is 4.79. The zero-order valence-electron chi connectivity index (χ0n) is 11.8. The molecule has 2 rings (SSSR count). The van der Waals surface area contributed by atoms with Crippen LogP contribution in [0.5, 0.6) is 5.75 Å². The van der Waals surface area contributed by atoms with Gasteiger partial charge in [0.05, 0.1) is 0 Å². The second kappa shape index (κ2) is 6.10. The van der Waals surface area contributed by atoms with Gasteiger partial charge in [-0.3, -0.25) is 5.41 Å². The highest BCUT2D eigenvalue weighted by Crippen LogP contribution is 2.20. The van der Waals surface area contributed by atoms with Crippen molar-refractivity contribution in [1.82, 2.24) is 0 Å². The van der Waals surface area contributed by atoms with E-state index >= 15 is 0 Å². The zero-order valence-corrected chi connectivity index (χ0v) is 11.8. The number of amidine groups is 1. The van der Waals surface area contributed by atoms with Gasteiger partial charge >= 0.3 is 0 Å². The van der Waals surface area contributed by atoms with Crippen LogP contribution in [0.2, 0.25) is 0 Å². The molecule has 4 heteroatoms. The van der Waals surface area contributed by atoms with Crippen LogP contribution >= 0.6 is 0 Å². The van der Waals surface area contributed by atoms with Gasteiger partial charge in [-0.15, -0.1) is 0 Å². The number of hydrogen-bond acceptors (Lipinski definition) is 3. The molecule has 0 amide bonds. The molecular formula is C16H19N3O. The Kier molecular flexibility index (Phi) is 4.25. The zero-order chi connectivity index (χ0) is 14.5. The van der Waals surface area contributed by atoms with Gasteiger partial charge in [0, 0.05) is 31.4 Å². The van der Waals surface area contributed by atoms with Gasteiger partial charge in [-0.25, -0.2) is 0 Å². The van der Waals surface area contributed by atoms with Crippen LogP contribution in [0.25, 0.3) is 0 Å². The Balaban J connectivity index is 2.01. The summed E-state index contributed by atoms with van der Waals surface area (Å²) in [4.78, 5) is 2.04. The molecule has 0 fully saturated rings. The third kappa shape index (κ3) is 3.51. The van der Waals surface area contributed by atoms with Crippen LogP contribution in [0.3, 0.4) is 0 Å². The SMILES string of the molecule is CN(C)c1cccc(OCc2ccc(C(=N)N)cc2)c1. The van der Waals surface area contributed by atoms with Crippen molar-refractivity contribution >= 4 is 11.5 Å². The molecule has 3 N–H and O–H groups in total. The van der Waals surface area contributed by atoms with Crippen molar-refractivity contribution in [3.63, 3.8) is 0 Å². The Bertz CT molecular complexity index is 591. The largest absolute Gasteiger partial charge is 0.489 e. The average molecular weight is 269 g/mol. The van der Waals surface area contributed by atoms with Gasteiger partial charge in [0.1, 0.15) is 18.2 Å². The number of hydrogen-bond donors (Lipinski definition) is 2. The Morgan fingerprint density at radius 3 is 2.45 bits per heavy atom. The summed E-state index contributed by atoms with van der Waals surface area (Å²) in [6.45, 7) is 0.495. The number of rotatable bonds is 5. The first-order valence-electron chi connectivity index (χ1n) is 6.40. The molecule has 2 aromatic carbocycles. The number of anilines is 1. The summed E-state index contributed by atoms with van der Waals surface area (Å²) in [5.74, 6) is 0.919. The number of nitrogens with one attached hydrogen (secondary N) is 1. The summed E-state index contributed by atoms with van der Waals surface area (Å²) in [5.41, 5.74) is 8.30. The van der Waals surface area contributed by atoms with E-state index in [2.05, 4.69) is 0 Å². The molecule has 0 bridgehead atoms. The lowest BCUT2D eigenvalue weighted by Gasteiger charge is -2.14. The van der Waals surface area contributed by atoms with Gasteiger partial charge < -0.3 is 15.4 Å². The van der Waals surface area contributed by atoms with Crippen molar-refractivity contribution in [3.05, 3.63) is 59.7 Å². The molecule has 0 aliphatic carbocycles. The quantitative estimate of drug-likeness (QED) is 0.648. The minimum absolute atomic E-state index is 0.0798. The van der Waals surface area contributed by atoms with E-state index < -0.39 is 0 Å². The third-order valence-corrected chi connectivity index (χ3v) is 3.00. The lowest BCUT2D eigenvalue weighted by atomic mass is 10.1. The summed E-state index contributed by atoms with van der Waals surface area (Å²) in [5, 5.41) is 7.35. The Labute approximate surface area is 119 Å². The molecule has 20 heavy (non-hydrogen) atoms. The first kappa shape index (κ1) is 13.9. The minimum Gasteiger partial charge on any atom is -0.489 e. The highest BCUT2D eigenvalue weighted by atomic mass is 16.5. The molecule has 0 aliphatic rings. The molecule has 0 spiro atoms. The first-order chi connectivity index (χ1) is 9.56. The number of nitrogens with zero attached hydrogens (tertiary/aromatic N) is 1. The van der Waals surface area contributed by atoms with Crippen LogP contribution < -0.4 is 15.4 Å². The van der Waals surface area contributed by atoms with Crippen molar-refractivity contribution in [2.24, 2.45) is 5.73 Å². The predicted molar refractivity (Wildman–Crippen MR) is 82.6 cm³/mol. The van der Waals surface area contributed by atoms with Gasteiger partial charge in [0.2, 0.25) is 0 Å². The fourth-order valence-electron chi connectivity index (χ4n) is 1.80. The maximum Gasteiger partial charge on any atom is 0.122 e. The Morgan fingerprint density at radius 2 is 1.85 bits per heavy atom. The van der Waals surface area contributed by atoms with Crippen LogP contribution in [0.4, 0.5) is 5.69 Å². The molecule has 0 saturated carbocycles. The van der Waals surface area contributed by atoms with Crippen LogP contribution in [0.15, 0.2) is 48.5 Å². The molecule has 104 valence electrons. The van der Waals surface area contributed by atoms with Gasteiger partial charge in [-0.05, 0) is 17.7 Å². The lowest BCUT2D eigenvalue weighted by molar-refractivity contribution is 0.306. The highest BCUT2D eigenvalue weighted by molar-refractivity contribution is 5.94. The van der Waals surface area contributed by atoms with Gasteiger partial charge in [-0.2, -0.15) is 0 Å². The summed E-state index contributed by atoms with van der Waals surface area (Å²) in [6.07, 6.45) is 0. The predicted octanol–water partition coefficient (Wildman–Crippen LogP) is 2.62. The molecule has 0 aliphatic heterocycles. The van der Waals surface area contributed by atoms with Crippen LogP contribution in [-0.2, 0) is 6.61 Å². The second-order valence-electron chi connectivity index (χ2n) is 4.79. The smallest absolute Gasteiger partial charge is 0.122 e. The molecule has 0 heterocycles. The third-order valence-electron chi connectivity index (χ3n) is 3.00. The number of nitrogen functional groups attached to an aromatic ring is 1. The van der Waals surface area contributed by atoms with Gasteiger partial charge in [0.15, 0.2) is 0 Å². The first-order valence-corrected chi connectivity index (χ1v) is 6.40. The molecule has 4 nitrogen and oxygen atoms in total. The number of nitrogens with two attached hydrogens (primary N) is 1. The van der Waals surface area contributed by atoms with E-state index in [0.29, 0.717) is 6.61 Å². The van der Waals surface area contributed by atoms with E-state index in [9.17, 15) is 0 Å². The molecule has 0 aromatic heterocycles. The normalized spacial score (nSPS) is 10.1. The summed E-state index contributed by atoms with van der Waals surface area (Å²) < 4.78 is 5.77. The van der Waals surface area contributed by atoms with Crippen LogP contribution in [0, 0.1) is 5.41 Å². The Hall–Kier alpha value is -2.49. The van der Waals surface area contributed by atoms with E-state index in [-0.39, 0.29) is 5.84 Å². The van der Waals surface area contributed by atoms with Crippen molar-refractivity contribution in [2.45, 2.75) is 6.61 Å². The molecule has 0 atom stereocenters. The minimum atomic E-state index is 0.0798. The Morgan fingerprint density at radius 1 is 1.15 bits per heavy atom. The van der Waals surface area contributed by atoms with E-state index in [1.54, 1.807) is 0 Å². The highest BCUT2D eigenvalue weighted by Gasteiger charge is 2.01. The monoisotopic (exact) mass is 269 g/mol. The van der Waals surface area contributed by atoms with Crippen molar-refractivity contribution in [1.29, 1.82) is 5.41 Å². The van der Waals surface area contributed by atoms with Crippen molar-refractivity contribution in [3.8, 4) is 5.75 Å². The molecule has 2 aromatic rings. The van der Waals surface area contributed by atoms with E-state index in [4.69, 9.17) is 15.9 Å². The van der Waals surface area contributed by atoms with Crippen molar-refractivity contribution < 1.29 is 4.74 Å². The topological polar surface area (TPSA) is 62.3 Å². The molecule has 0 unspecified atom stereocenters. The van der Waals surface area contributed by atoms with E-state index in [1.807, 2.05) is 67.5 Å². The lowest BCUT2D eigenvalue weighted by Crippen LogP contribution is -2.10. The van der Waals surface area contributed by atoms with Crippen LogP contribution in [0.1, 0.15) is 11.1 Å². The maximum absolute atomic E-state index is 7.35. The number of benzene rings is 2. The summed E-state index contributed by atoms with van der Waals surface area (Å²) in [7, 11) is 4.00. The number of ether oxygens (including phenoxy) is 1. The van der Waals surface area contributed by atoms with E-state index in [1.165, 1.54) is 0 Å². The fourth-order valence-corrected chi connectivity index (χ4v) is 1.80. The van der Waals surface area contributed by atoms with Crippen molar-refractivity contribution in [2.75, 3.05) is 19.0 Å². The maximum atomic E-state index is 7.35. The average Bonchev–Trinajstić information content (AvgIpc) is 2.46. The summed E-state index contributed by atoms with van der Waals surface area (Å²) >= 11 is 0. The molecular weight excluding hydrogens is 250 g/mol. The summed E-state index contributed by atoms with van der Waals surface area (Å²) in [6, 6.07) is 15.5. The van der Waals surface area contributed by atoms with Gasteiger partial charge in [-0.1, -0.05) is 30.3 Å². The fraction of sp³-hybridized carbons (Fsp3) is 0.188. The van der Waals surface area contributed by atoms with Gasteiger partial charge in [0.25, 0.3) is 0 Å². The van der Waals surface area contributed by atoms with E-state index in [0.717, 1.165) is 22.6 Å². The standard InChI is InChI=1S/C16H19N3O/c1-19(2)14-4-3-5-15(10-14)20-11-12-6-8-13(9-7-12)16(17)18/h3-10H,11H2,1-2H3,(H3,17,18).